The van der Waals surface area contributed by atoms with Gasteiger partial charge in [-0.1, -0.05) is 0 Å². The highest BCUT2D eigenvalue weighted by Gasteiger charge is 2.03. The van der Waals surface area contributed by atoms with Crippen molar-refractivity contribution in [3.05, 3.63) is 29.3 Å². The average molecular weight is 225 g/mol. The predicted octanol–water partition coefficient (Wildman–Crippen LogP) is 1.63. The molecule has 12 heavy (non-hydrogen) atoms. The molecule has 0 bridgehead atoms. The molecule has 0 aliphatic carbocycles. The molecule has 0 unspecified atom stereocenters. The molecular formula is C7H5BrN4. The van der Waals surface area contributed by atoms with Crippen LogP contribution in [0.5, 0.6) is 0 Å². The Morgan fingerprint density at radius 2 is 2.33 bits per heavy atom. The first kappa shape index (κ1) is 7.42. The van der Waals surface area contributed by atoms with Crippen LogP contribution in [-0.2, 0) is 0 Å². The van der Waals surface area contributed by atoms with E-state index in [4.69, 9.17) is 0 Å². The molecule has 0 saturated heterocycles. The number of pyridine rings is 1. The van der Waals surface area contributed by atoms with E-state index in [-0.39, 0.29) is 0 Å². The lowest BCUT2D eigenvalue weighted by Crippen LogP contribution is -1.83. The summed E-state index contributed by atoms with van der Waals surface area (Å²) in [4.78, 5) is 7.97. The second kappa shape index (κ2) is 3.02. The molecule has 0 aliphatic rings. The van der Waals surface area contributed by atoms with Crippen molar-refractivity contribution >= 4 is 15.9 Å². The number of hydrogen-bond acceptors (Lipinski definition) is 3. The lowest BCUT2D eigenvalue weighted by atomic mass is 10.2. The Bertz CT molecular complexity index is 371. The molecule has 2 heterocycles. The summed E-state index contributed by atoms with van der Waals surface area (Å²) >= 11 is 3.37. The monoisotopic (exact) mass is 224 g/mol. The van der Waals surface area contributed by atoms with Gasteiger partial charge in [0.15, 0.2) is 5.82 Å². The van der Waals surface area contributed by atoms with Crippen molar-refractivity contribution in [3.63, 3.8) is 0 Å². The fourth-order valence-corrected chi connectivity index (χ4v) is 1.34. The van der Waals surface area contributed by atoms with Crippen molar-refractivity contribution in [2.75, 3.05) is 0 Å². The maximum atomic E-state index is 4.02. The quantitative estimate of drug-likeness (QED) is 0.802. The highest BCUT2D eigenvalue weighted by molar-refractivity contribution is 9.10. The Morgan fingerprint density at radius 1 is 1.42 bits per heavy atom. The van der Waals surface area contributed by atoms with Gasteiger partial charge < -0.3 is 0 Å². The van der Waals surface area contributed by atoms with E-state index in [1.54, 1.807) is 12.4 Å². The van der Waals surface area contributed by atoms with Gasteiger partial charge in [0.1, 0.15) is 6.33 Å². The largest absolute Gasteiger partial charge is 0.264 e. The first-order valence-electron chi connectivity index (χ1n) is 3.33. The minimum absolute atomic E-state index is 0.740. The lowest BCUT2D eigenvalue weighted by molar-refractivity contribution is 1.09. The van der Waals surface area contributed by atoms with Crippen molar-refractivity contribution in [2.45, 2.75) is 0 Å². The first-order valence-corrected chi connectivity index (χ1v) is 4.12. The lowest BCUT2D eigenvalue weighted by Gasteiger charge is -1.96. The maximum Gasteiger partial charge on any atom is 0.156 e. The topological polar surface area (TPSA) is 54.5 Å². The molecule has 0 atom stereocenters. The van der Waals surface area contributed by atoms with Gasteiger partial charge in [-0.25, -0.2) is 4.98 Å². The zero-order chi connectivity index (χ0) is 8.39. The smallest absolute Gasteiger partial charge is 0.156 e. The van der Waals surface area contributed by atoms with Crippen molar-refractivity contribution in [1.82, 2.24) is 20.2 Å². The fourth-order valence-electron chi connectivity index (χ4n) is 0.902. The van der Waals surface area contributed by atoms with Gasteiger partial charge in [-0.15, -0.1) is 0 Å². The van der Waals surface area contributed by atoms with Crippen molar-refractivity contribution in [1.29, 1.82) is 0 Å². The van der Waals surface area contributed by atoms with Crippen LogP contribution in [0.3, 0.4) is 0 Å². The minimum atomic E-state index is 0.740. The maximum absolute atomic E-state index is 4.02. The summed E-state index contributed by atoms with van der Waals surface area (Å²) in [7, 11) is 0. The van der Waals surface area contributed by atoms with Gasteiger partial charge in [-0.3, -0.25) is 10.1 Å². The van der Waals surface area contributed by atoms with Crippen LogP contribution in [0.15, 0.2) is 29.3 Å². The standard InChI is InChI=1S/C7H5BrN4/c8-6-3-9-2-1-5(6)7-10-4-11-12-7/h1-4H,(H,10,11,12). The Balaban J connectivity index is 2.55. The third-order valence-corrected chi connectivity index (χ3v) is 2.07. The third-order valence-electron chi connectivity index (χ3n) is 1.44. The summed E-state index contributed by atoms with van der Waals surface area (Å²) in [5.41, 5.74) is 0.961. The molecular weight excluding hydrogens is 220 g/mol. The molecule has 2 rings (SSSR count). The SMILES string of the molecule is Brc1cnccc1-c1ncn[nH]1. The van der Waals surface area contributed by atoms with Gasteiger partial charge in [-0.05, 0) is 22.0 Å². The van der Waals surface area contributed by atoms with Crippen molar-refractivity contribution in [3.8, 4) is 11.4 Å². The number of rotatable bonds is 1. The van der Waals surface area contributed by atoms with Crippen molar-refractivity contribution in [2.24, 2.45) is 0 Å². The highest BCUT2D eigenvalue weighted by Crippen LogP contribution is 2.22. The third kappa shape index (κ3) is 1.23. The molecule has 5 heteroatoms. The normalized spacial score (nSPS) is 10.1. The van der Waals surface area contributed by atoms with E-state index in [1.807, 2.05) is 6.07 Å². The molecule has 1 N–H and O–H groups in total. The molecule has 60 valence electrons. The van der Waals surface area contributed by atoms with Crippen LogP contribution in [0.4, 0.5) is 0 Å². The van der Waals surface area contributed by atoms with E-state index < -0.39 is 0 Å². The zero-order valence-corrected chi connectivity index (χ0v) is 7.62. The Labute approximate surface area is 77.2 Å². The Kier molecular flexibility index (Phi) is 1.87. The number of hydrogen-bond donors (Lipinski definition) is 1. The van der Waals surface area contributed by atoms with E-state index in [1.165, 1.54) is 6.33 Å². The fraction of sp³-hybridized carbons (Fsp3) is 0. The van der Waals surface area contributed by atoms with Crippen LogP contribution in [-0.4, -0.2) is 20.2 Å². The van der Waals surface area contributed by atoms with E-state index in [9.17, 15) is 0 Å². The highest BCUT2D eigenvalue weighted by atomic mass is 79.9. The minimum Gasteiger partial charge on any atom is -0.264 e. The number of nitrogens with zero attached hydrogens (tertiary/aromatic N) is 3. The summed E-state index contributed by atoms with van der Waals surface area (Å²) in [5.74, 6) is 0.740. The number of aromatic nitrogens is 4. The van der Waals surface area contributed by atoms with E-state index >= 15 is 0 Å². The van der Waals surface area contributed by atoms with E-state index in [0.29, 0.717) is 0 Å². The first-order chi connectivity index (χ1) is 5.88. The van der Waals surface area contributed by atoms with Gasteiger partial charge in [0.05, 0.1) is 0 Å². The second-order valence-electron chi connectivity index (χ2n) is 2.19. The number of nitrogens with one attached hydrogen (secondary N) is 1. The predicted molar refractivity (Wildman–Crippen MR) is 47.3 cm³/mol. The molecule has 0 saturated carbocycles. The summed E-state index contributed by atoms with van der Waals surface area (Å²) in [5, 5.41) is 6.54. The Morgan fingerprint density at radius 3 is 3.00 bits per heavy atom. The summed E-state index contributed by atoms with van der Waals surface area (Å²) < 4.78 is 0.904. The molecule has 0 amide bonds. The van der Waals surface area contributed by atoms with E-state index in [2.05, 4.69) is 36.1 Å². The molecule has 0 radical (unpaired) electrons. The number of aromatic amines is 1. The van der Waals surface area contributed by atoms with E-state index in [0.717, 1.165) is 15.9 Å². The van der Waals surface area contributed by atoms with Crippen LogP contribution >= 0.6 is 15.9 Å². The van der Waals surface area contributed by atoms with Gasteiger partial charge in [0.25, 0.3) is 0 Å². The molecule has 0 aromatic carbocycles. The average Bonchev–Trinajstić information content (AvgIpc) is 2.57. The molecule has 0 aliphatic heterocycles. The van der Waals surface area contributed by atoms with Gasteiger partial charge >= 0.3 is 0 Å². The van der Waals surface area contributed by atoms with Gasteiger partial charge in [0.2, 0.25) is 0 Å². The van der Waals surface area contributed by atoms with Gasteiger partial charge in [0, 0.05) is 22.4 Å². The summed E-state index contributed by atoms with van der Waals surface area (Å²) in [6, 6.07) is 1.87. The van der Waals surface area contributed by atoms with Crippen LogP contribution in [0, 0.1) is 0 Å². The van der Waals surface area contributed by atoms with Crippen LogP contribution in [0.25, 0.3) is 11.4 Å². The second-order valence-corrected chi connectivity index (χ2v) is 3.04. The van der Waals surface area contributed by atoms with Gasteiger partial charge in [-0.2, -0.15) is 5.10 Å². The molecule has 2 aromatic rings. The zero-order valence-electron chi connectivity index (χ0n) is 6.03. The van der Waals surface area contributed by atoms with Crippen molar-refractivity contribution < 1.29 is 0 Å². The number of halogens is 1. The Hall–Kier alpha value is -1.23. The van der Waals surface area contributed by atoms with Crippen LogP contribution < -0.4 is 0 Å². The molecule has 4 nitrogen and oxygen atoms in total. The number of H-pyrrole nitrogens is 1. The van der Waals surface area contributed by atoms with Crippen LogP contribution in [0.1, 0.15) is 0 Å². The molecule has 0 fully saturated rings. The summed E-state index contributed by atoms with van der Waals surface area (Å²) in [6.07, 6.45) is 4.91. The molecule has 2 aromatic heterocycles. The summed E-state index contributed by atoms with van der Waals surface area (Å²) in [6.45, 7) is 0. The van der Waals surface area contributed by atoms with Crippen LogP contribution in [0.2, 0.25) is 0 Å². The molecule has 0 spiro atoms.